The molecule has 0 atom stereocenters. The van der Waals surface area contributed by atoms with Gasteiger partial charge < -0.3 is 10.4 Å². The molecule has 0 bridgehead atoms. The van der Waals surface area contributed by atoms with Crippen LogP contribution in [0, 0.1) is 5.82 Å². The molecule has 2 aromatic carbocycles. The molecular formula is C14H10BrClFNO2. The monoisotopic (exact) mass is 357 g/mol. The molecule has 0 aromatic heterocycles. The number of anilines is 1. The highest BCUT2D eigenvalue weighted by atomic mass is 79.9. The van der Waals surface area contributed by atoms with Gasteiger partial charge in [0, 0.05) is 11.0 Å². The summed E-state index contributed by atoms with van der Waals surface area (Å²) in [5, 5.41) is 12.1. The summed E-state index contributed by atoms with van der Waals surface area (Å²) < 4.78 is 14.2. The van der Waals surface area contributed by atoms with Crippen LogP contribution in [0.2, 0.25) is 5.02 Å². The van der Waals surface area contributed by atoms with Gasteiger partial charge in [0.1, 0.15) is 5.82 Å². The van der Waals surface area contributed by atoms with E-state index in [0.717, 1.165) is 5.56 Å². The Labute approximate surface area is 128 Å². The normalized spacial score (nSPS) is 10.3. The molecule has 0 saturated heterocycles. The molecule has 0 unspecified atom stereocenters. The van der Waals surface area contributed by atoms with Crippen molar-refractivity contribution >= 4 is 39.2 Å². The Kier molecular flexibility index (Phi) is 4.62. The summed E-state index contributed by atoms with van der Waals surface area (Å²) in [6.07, 6.45) is 0. The third-order valence-electron chi connectivity index (χ3n) is 2.72. The van der Waals surface area contributed by atoms with Crippen LogP contribution in [0.4, 0.5) is 10.1 Å². The number of aromatic carboxylic acids is 1. The van der Waals surface area contributed by atoms with Crippen molar-refractivity contribution < 1.29 is 14.3 Å². The van der Waals surface area contributed by atoms with Gasteiger partial charge in [0.25, 0.3) is 0 Å². The highest BCUT2D eigenvalue weighted by Crippen LogP contribution is 2.26. The van der Waals surface area contributed by atoms with Gasteiger partial charge in [-0.15, -0.1) is 0 Å². The van der Waals surface area contributed by atoms with Crippen LogP contribution in [0.15, 0.2) is 40.9 Å². The Morgan fingerprint density at radius 1 is 1.35 bits per heavy atom. The summed E-state index contributed by atoms with van der Waals surface area (Å²) in [7, 11) is 0. The van der Waals surface area contributed by atoms with Gasteiger partial charge in [0.2, 0.25) is 0 Å². The van der Waals surface area contributed by atoms with Crippen molar-refractivity contribution in [3.05, 3.63) is 62.8 Å². The molecule has 0 aliphatic rings. The summed E-state index contributed by atoms with van der Waals surface area (Å²) in [4.78, 5) is 10.8. The first-order valence-corrected chi connectivity index (χ1v) is 6.85. The number of carboxylic acids is 1. The molecule has 20 heavy (non-hydrogen) atoms. The molecule has 6 heteroatoms. The number of para-hydroxylation sites is 1. The van der Waals surface area contributed by atoms with E-state index < -0.39 is 11.8 Å². The molecule has 2 aromatic rings. The summed E-state index contributed by atoms with van der Waals surface area (Å²) in [5.41, 5.74) is 1.21. The van der Waals surface area contributed by atoms with Crippen molar-refractivity contribution in [2.75, 3.05) is 5.32 Å². The van der Waals surface area contributed by atoms with Crippen LogP contribution in [0.3, 0.4) is 0 Å². The van der Waals surface area contributed by atoms with E-state index in [-0.39, 0.29) is 11.3 Å². The molecule has 0 amide bonds. The lowest BCUT2D eigenvalue weighted by atomic mass is 10.1. The van der Waals surface area contributed by atoms with E-state index in [9.17, 15) is 9.18 Å². The Bertz CT molecular complexity index is 643. The zero-order valence-corrected chi connectivity index (χ0v) is 12.5. The van der Waals surface area contributed by atoms with E-state index >= 15 is 0 Å². The van der Waals surface area contributed by atoms with Crippen LogP contribution in [0.1, 0.15) is 15.9 Å². The molecule has 0 aliphatic carbocycles. The topological polar surface area (TPSA) is 49.3 Å². The van der Waals surface area contributed by atoms with Crippen LogP contribution < -0.4 is 5.32 Å². The fourth-order valence-electron chi connectivity index (χ4n) is 1.67. The van der Waals surface area contributed by atoms with Gasteiger partial charge in [0.15, 0.2) is 0 Å². The minimum atomic E-state index is -0.998. The minimum absolute atomic E-state index is 0.185. The van der Waals surface area contributed by atoms with E-state index in [2.05, 4.69) is 21.2 Å². The number of benzene rings is 2. The van der Waals surface area contributed by atoms with Crippen molar-refractivity contribution in [1.82, 2.24) is 0 Å². The lowest BCUT2D eigenvalue weighted by Gasteiger charge is -2.11. The Morgan fingerprint density at radius 2 is 2.10 bits per heavy atom. The first-order chi connectivity index (χ1) is 9.49. The van der Waals surface area contributed by atoms with E-state index in [1.165, 1.54) is 24.3 Å². The summed E-state index contributed by atoms with van der Waals surface area (Å²) in [6, 6.07) is 9.09. The van der Waals surface area contributed by atoms with Crippen LogP contribution in [0.5, 0.6) is 0 Å². The highest BCUT2D eigenvalue weighted by molar-refractivity contribution is 9.10. The molecular weight excluding hydrogens is 349 g/mol. The largest absolute Gasteiger partial charge is 0.478 e. The molecule has 0 spiro atoms. The standard InChI is InChI=1S/C14H10BrClFNO2/c15-10-6-8(14(19)20)4-5-9(10)7-18-13-11(16)2-1-3-12(13)17/h1-6,18H,7H2,(H,19,20). The third-order valence-corrected chi connectivity index (χ3v) is 3.77. The van der Waals surface area contributed by atoms with E-state index in [0.29, 0.717) is 16.0 Å². The fraction of sp³-hybridized carbons (Fsp3) is 0.0714. The van der Waals surface area contributed by atoms with Crippen LogP contribution in [-0.2, 0) is 6.54 Å². The second-order valence-electron chi connectivity index (χ2n) is 4.06. The van der Waals surface area contributed by atoms with Gasteiger partial charge in [-0.05, 0) is 29.8 Å². The predicted molar refractivity (Wildman–Crippen MR) is 79.8 cm³/mol. The zero-order valence-electron chi connectivity index (χ0n) is 10.2. The summed E-state index contributed by atoms with van der Waals surface area (Å²) >= 11 is 9.21. The van der Waals surface area contributed by atoms with E-state index in [1.54, 1.807) is 12.1 Å². The lowest BCUT2D eigenvalue weighted by molar-refractivity contribution is 0.0697. The van der Waals surface area contributed by atoms with Gasteiger partial charge in [0.05, 0.1) is 16.3 Å². The second kappa shape index (κ2) is 6.24. The van der Waals surface area contributed by atoms with Crippen LogP contribution in [0.25, 0.3) is 0 Å². The third kappa shape index (κ3) is 3.29. The number of carboxylic acid groups (broad SMARTS) is 1. The minimum Gasteiger partial charge on any atom is -0.478 e. The molecule has 2 rings (SSSR count). The van der Waals surface area contributed by atoms with E-state index in [1.807, 2.05) is 0 Å². The summed E-state index contributed by atoms with van der Waals surface area (Å²) in [5.74, 6) is -1.43. The highest BCUT2D eigenvalue weighted by Gasteiger charge is 2.09. The number of hydrogen-bond acceptors (Lipinski definition) is 2. The number of hydrogen-bond donors (Lipinski definition) is 2. The maximum absolute atomic E-state index is 13.6. The van der Waals surface area contributed by atoms with Crippen molar-refractivity contribution in [3.8, 4) is 0 Å². The average molecular weight is 359 g/mol. The Morgan fingerprint density at radius 3 is 2.70 bits per heavy atom. The molecule has 0 fully saturated rings. The molecule has 104 valence electrons. The van der Waals surface area contributed by atoms with Crippen LogP contribution in [-0.4, -0.2) is 11.1 Å². The lowest BCUT2D eigenvalue weighted by Crippen LogP contribution is -2.04. The molecule has 0 radical (unpaired) electrons. The number of halogens is 3. The van der Waals surface area contributed by atoms with Gasteiger partial charge in [-0.1, -0.05) is 39.7 Å². The molecule has 2 N–H and O–H groups in total. The number of nitrogens with one attached hydrogen (secondary N) is 1. The maximum Gasteiger partial charge on any atom is 0.335 e. The van der Waals surface area contributed by atoms with Crippen molar-refractivity contribution in [2.45, 2.75) is 6.54 Å². The molecule has 0 saturated carbocycles. The van der Waals surface area contributed by atoms with Gasteiger partial charge in [-0.3, -0.25) is 0 Å². The summed E-state index contributed by atoms with van der Waals surface area (Å²) in [6.45, 7) is 0.321. The zero-order chi connectivity index (χ0) is 14.7. The van der Waals surface area contributed by atoms with Crippen molar-refractivity contribution in [2.24, 2.45) is 0 Å². The first-order valence-electron chi connectivity index (χ1n) is 5.68. The fourth-order valence-corrected chi connectivity index (χ4v) is 2.42. The van der Waals surface area contributed by atoms with Crippen molar-refractivity contribution in [1.29, 1.82) is 0 Å². The Balaban J connectivity index is 2.17. The first kappa shape index (κ1) is 14.8. The smallest absolute Gasteiger partial charge is 0.335 e. The molecule has 0 heterocycles. The predicted octanol–water partition coefficient (Wildman–Crippen LogP) is 4.55. The molecule has 3 nitrogen and oxygen atoms in total. The SMILES string of the molecule is O=C(O)c1ccc(CNc2c(F)cccc2Cl)c(Br)c1. The van der Waals surface area contributed by atoms with Gasteiger partial charge in [-0.2, -0.15) is 0 Å². The van der Waals surface area contributed by atoms with Gasteiger partial charge in [-0.25, -0.2) is 9.18 Å². The van der Waals surface area contributed by atoms with Gasteiger partial charge >= 0.3 is 5.97 Å². The second-order valence-corrected chi connectivity index (χ2v) is 5.32. The quantitative estimate of drug-likeness (QED) is 0.843. The Hall–Kier alpha value is -1.59. The maximum atomic E-state index is 13.6. The molecule has 0 aliphatic heterocycles. The van der Waals surface area contributed by atoms with E-state index in [4.69, 9.17) is 16.7 Å². The number of carbonyl (C=O) groups is 1. The number of rotatable bonds is 4. The van der Waals surface area contributed by atoms with Crippen LogP contribution >= 0.6 is 27.5 Å². The average Bonchev–Trinajstić information content (AvgIpc) is 2.39. The van der Waals surface area contributed by atoms with Crippen molar-refractivity contribution in [3.63, 3.8) is 0 Å².